The van der Waals surface area contributed by atoms with E-state index in [0.29, 0.717) is 6.54 Å². The monoisotopic (exact) mass is 259 g/mol. The molecule has 2 rings (SSSR count). The van der Waals surface area contributed by atoms with Crippen LogP contribution in [0.2, 0.25) is 0 Å². The van der Waals surface area contributed by atoms with Crippen molar-refractivity contribution in [2.24, 2.45) is 5.73 Å². The Hall–Kier alpha value is -1.12. The van der Waals surface area contributed by atoms with Gasteiger partial charge in [0, 0.05) is 21.7 Å². The standard InChI is InChI=1S/C16H21NS/c1-11-5-6-13(9-12(11)2)14-7-8-15(18-14)16(3,4)10-17/h5-9H,10,17H2,1-4H3. The lowest BCUT2D eigenvalue weighted by Crippen LogP contribution is -2.26. The molecule has 0 saturated carbocycles. The van der Waals surface area contributed by atoms with Gasteiger partial charge in [0.05, 0.1) is 0 Å². The van der Waals surface area contributed by atoms with Gasteiger partial charge in [0.1, 0.15) is 0 Å². The minimum atomic E-state index is 0.0721. The van der Waals surface area contributed by atoms with Gasteiger partial charge in [0.25, 0.3) is 0 Å². The topological polar surface area (TPSA) is 26.0 Å². The quantitative estimate of drug-likeness (QED) is 0.875. The minimum absolute atomic E-state index is 0.0721. The van der Waals surface area contributed by atoms with E-state index in [1.165, 1.54) is 26.4 Å². The van der Waals surface area contributed by atoms with E-state index in [1.54, 1.807) is 0 Å². The molecule has 0 aliphatic heterocycles. The Morgan fingerprint density at radius 3 is 2.39 bits per heavy atom. The molecular formula is C16H21NS. The van der Waals surface area contributed by atoms with Crippen LogP contribution in [0.4, 0.5) is 0 Å². The fourth-order valence-corrected chi connectivity index (χ4v) is 2.97. The van der Waals surface area contributed by atoms with Gasteiger partial charge < -0.3 is 5.73 Å². The number of hydrogen-bond donors (Lipinski definition) is 1. The summed E-state index contributed by atoms with van der Waals surface area (Å²) in [5.74, 6) is 0. The lowest BCUT2D eigenvalue weighted by Gasteiger charge is -2.20. The van der Waals surface area contributed by atoms with Crippen molar-refractivity contribution in [2.75, 3.05) is 6.54 Å². The number of hydrogen-bond acceptors (Lipinski definition) is 2. The average Bonchev–Trinajstić information content (AvgIpc) is 2.83. The highest BCUT2D eigenvalue weighted by atomic mass is 32.1. The smallest absolute Gasteiger partial charge is 0.0345 e. The zero-order valence-corrected chi connectivity index (χ0v) is 12.4. The Morgan fingerprint density at radius 1 is 1.06 bits per heavy atom. The maximum atomic E-state index is 5.84. The van der Waals surface area contributed by atoms with Gasteiger partial charge in [-0.2, -0.15) is 0 Å². The number of nitrogens with two attached hydrogens (primary N) is 1. The van der Waals surface area contributed by atoms with E-state index in [1.807, 2.05) is 11.3 Å². The maximum Gasteiger partial charge on any atom is 0.0345 e. The SMILES string of the molecule is Cc1ccc(-c2ccc(C(C)(C)CN)s2)cc1C. The molecular weight excluding hydrogens is 238 g/mol. The molecule has 0 fully saturated rings. The van der Waals surface area contributed by atoms with Crippen molar-refractivity contribution in [3.05, 3.63) is 46.3 Å². The highest BCUT2D eigenvalue weighted by Gasteiger charge is 2.20. The van der Waals surface area contributed by atoms with Gasteiger partial charge in [-0.25, -0.2) is 0 Å². The van der Waals surface area contributed by atoms with Crippen molar-refractivity contribution in [3.63, 3.8) is 0 Å². The third-order valence-electron chi connectivity index (χ3n) is 3.57. The van der Waals surface area contributed by atoms with Crippen molar-refractivity contribution >= 4 is 11.3 Å². The molecule has 0 atom stereocenters. The van der Waals surface area contributed by atoms with Crippen molar-refractivity contribution in [1.82, 2.24) is 0 Å². The Labute approximate surface area is 114 Å². The van der Waals surface area contributed by atoms with Crippen LogP contribution in [0.5, 0.6) is 0 Å². The van der Waals surface area contributed by atoms with Crippen LogP contribution >= 0.6 is 11.3 Å². The summed E-state index contributed by atoms with van der Waals surface area (Å²) in [5, 5.41) is 0. The number of rotatable bonds is 3. The number of aryl methyl sites for hydroxylation is 2. The fourth-order valence-electron chi connectivity index (χ4n) is 1.85. The summed E-state index contributed by atoms with van der Waals surface area (Å²) < 4.78 is 0. The summed E-state index contributed by atoms with van der Waals surface area (Å²) in [6.45, 7) is 9.39. The van der Waals surface area contributed by atoms with Crippen molar-refractivity contribution in [1.29, 1.82) is 0 Å². The lowest BCUT2D eigenvalue weighted by molar-refractivity contribution is 0.550. The zero-order valence-electron chi connectivity index (χ0n) is 11.6. The third-order valence-corrected chi connectivity index (χ3v) is 5.08. The van der Waals surface area contributed by atoms with E-state index in [-0.39, 0.29) is 5.41 Å². The van der Waals surface area contributed by atoms with Crippen LogP contribution in [-0.2, 0) is 5.41 Å². The summed E-state index contributed by atoms with van der Waals surface area (Å²) in [6.07, 6.45) is 0. The average molecular weight is 259 g/mol. The molecule has 2 N–H and O–H groups in total. The molecule has 1 nitrogen and oxygen atoms in total. The van der Waals surface area contributed by atoms with E-state index in [2.05, 4.69) is 58.0 Å². The van der Waals surface area contributed by atoms with Crippen LogP contribution in [0, 0.1) is 13.8 Å². The van der Waals surface area contributed by atoms with Crippen LogP contribution in [0.25, 0.3) is 10.4 Å². The first-order valence-electron chi connectivity index (χ1n) is 6.32. The van der Waals surface area contributed by atoms with E-state index in [9.17, 15) is 0 Å². The molecule has 0 aliphatic carbocycles. The fraction of sp³-hybridized carbons (Fsp3) is 0.375. The van der Waals surface area contributed by atoms with Crippen LogP contribution in [0.15, 0.2) is 30.3 Å². The first-order valence-corrected chi connectivity index (χ1v) is 7.14. The largest absolute Gasteiger partial charge is 0.330 e. The van der Waals surface area contributed by atoms with E-state index in [0.717, 1.165) is 0 Å². The number of thiophene rings is 1. The Balaban J connectivity index is 2.38. The third kappa shape index (κ3) is 2.50. The molecule has 96 valence electrons. The molecule has 0 unspecified atom stereocenters. The van der Waals surface area contributed by atoms with Gasteiger partial charge in [0.2, 0.25) is 0 Å². The molecule has 0 bridgehead atoms. The molecule has 0 aliphatic rings. The molecule has 1 heterocycles. The van der Waals surface area contributed by atoms with Crippen molar-refractivity contribution in [3.8, 4) is 10.4 Å². The molecule has 1 aromatic heterocycles. The molecule has 0 amide bonds. The number of benzene rings is 1. The van der Waals surface area contributed by atoms with Gasteiger partial charge in [-0.15, -0.1) is 11.3 Å². The van der Waals surface area contributed by atoms with Gasteiger partial charge in [-0.3, -0.25) is 0 Å². The highest BCUT2D eigenvalue weighted by Crippen LogP contribution is 2.35. The van der Waals surface area contributed by atoms with Crippen LogP contribution in [-0.4, -0.2) is 6.54 Å². The first kappa shape index (κ1) is 13.3. The summed E-state index contributed by atoms with van der Waals surface area (Å²) in [6, 6.07) is 11.1. The summed E-state index contributed by atoms with van der Waals surface area (Å²) in [7, 11) is 0. The predicted octanol–water partition coefficient (Wildman–Crippen LogP) is 4.27. The maximum absolute atomic E-state index is 5.84. The second-order valence-electron chi connectivity index (χ2n) is 5.55. The van der Waals surface area contributed by atoms with Gasteiger partial charge in [0.15, 0.2) is 0 Å². The molecule has 0 spiro atoms. The summed E-state index contributed by atoms with van der Waals surface area (Å²) in [5.41, 5.74) is 9.91. The normalized spacial score (nSPS) is 11.8. The van der Waals surface area contributed by atoms with Crippen LogP contribution < -0.4 is 5.73 Å². The Kier molecular flexibility index (Phi) is 3.60. The van der Waals surface area contributed by atoms with Crippen LogP contribution in [0.3, 0.4) is 0 Å². The molecule has 2 aromatic rings. The van der Waals surface area contributed by atoms with Crippen molar-refractivity contribution < 1.29 is 0 Å². The van der Waals surface area contributed by atoms with Gasteiger partial charge >= 0.3 is 0 Å². The van der Waals surface area contributed by atoms with E-state index >= 15 is 0 Å². The predicted molar refractivity (Wildman–Crippen MR) is 81.3 cm³/mol. The minimum Gasteiger partial charge on any atom is -0.330 e. The zero-order chi connectivity index (χ0) is 13.3. The molecule has 0 saturated heterocycles. The van der Waals surface area contributed by atoms with Crippen LogP contribution in [0.1, 0.15) is 29.9 Å². The molecule has 0 radical (unpaired) electrons. The summed E-state index contributed by atoms with van der Waals surface area (Å²) >= 11 is 1.85. The second-order valence-corrected chi connectivity index (χ2v) is 6.63. The lowest BCUT2D eigenvalue weighted by atomic mass is 9.92. The Morgan fingerprint density at radius 2 is 1.78 bits per heavy atom. The summed E-state index contributed by atoms with van der Waals surface area (Å²) in [4.78, 5) is 2.69. The van der Waals surface area contributed by atoms with Gasteiger partial charge in [-0.05, 0) is 42.7 Å². The molecule has 2 heteroatoms. The van der Waals surface area contributed by atoms with E-state index < -0.39 is 0 Å². The molecule has 1 aromatic carbocycles. The van der Waals surface area contributed by atoms with Crippen molar-refractivity contribution in [2.45, 2.75) is 33.1 Å². The second kappa shape index (κ2) is 4.87. The molecule has 18 heavy (non-hydrogen) atoms. The van der Waals surface area contributed by atoms with E-state index in [4.69, 9.17) is 5.73 Å². The van der Waals surface area contributed by atoms with Gasteiger partial charge in [-0.1, -0.05) is 32.0 Å². The highest BCUT2D eigenvalue weighted by molar-refractivity contribution is 7.15. The Bertz CT molecular complexity index is 552. The first-order chi connectivity index (χ1) is 8.44.